The van der Waals surface area contributed by atoms with Gasteiger partial charge in [0.25, 0.3) is 0 Å². The van der Waals surface area contributed by atoms with Gasteiger partial charge in [-0.3, -0.25) is 4.79 Å². The summed E-state index contributed by atoms with van der Waals surface area (Å²) in [5.41, 5.74) is 1.15. The van der Waals surface area contributed by atoms with E-state index in [1.165, 1.54) is 44.9 Å². The van der Waals surface area contributed by atoms with E-state index in [1.807, 2.05) is 0 Å². The zero-order valence-electron chi connectivity index (χ0n) is 27.0. The fraction of sp³-hybridized carbons (Fsp3) is 0.816. The minimum Gasteiger partial charge on any atom is -0.392 e. The maximum Gasteiger partial charge on any atom is 0.158 e. The number of carbonyl (C=O) groups is 1. The van der Waals surface area contributed by atoms with Crippen LogP contribution in [0.25, 0.3) is 0 Å². The predicted octanol–water partition coefficient (Wildman–Crippen LogP) is 8.31. The second-order valence-corrected chi connectivity index (χ2v) is 16.9. The van der Waals surface area contributed by atoms with Crippen LogP contribution in [0.5, 0.6) is 0 Å². The maximum absolute atomic E-state index is 12.7. The monoisotopic (exact) mass is 562 g/mol. The Morgan fingerprint density at radius 2 is 1.73 bits per heavy atom. The lowest BCUT2D eigenvalue weighted by molar-refractivity contribution is -0.239. The summed E-state index contributed by atoms with van der Waals surface area (Å²) in [5, 5.41) is 24.4. The van der Waals surface area contributed by atoms with Crippen LogP contribution in [0.4, 0.5) is 0 Å². The topological polar surface area (TPSA) is 57.5 Å². The second-order valence-electron chi connectivity index (χ2n) is 16.9. The van der Waals surface area contributed by atoms with E-state index in [9.17, 15) is 15.0 Å². The number of rotatable bonds is 4. The zero-order chi connectivity index (χ0) is 29.5. The molecule has 0 spiro atoms. The van der Waals surface area contributed by atoms with Crippen molar-refractivity contribution in [3.05, 3.63) is 35.5 Å². The third-order valence-electron chi connectivity index (χ3n) is 14.5. The Morgan fingerprint density at radius 1 is 1.02 bits per heavy atom. The predicted molar refractivity (Wildman–Crippen MR) is 167 cm³/mol. The normalized spacial score (nSPS) is 51.7. The summed E-state index contributed by atoms with van der Waals surface area (Å²) in [4.78, 5) is 12.7. The number of aliphatic hydroxyl groups excluding tert-OH is 2. The molecule has 228 valence electrons. The Labute approximate surface area is 250 Å². The van der Waals surface area contributed by atoms with Gasteiger partial charge in [0.05, 0.1) is 12.2 Å². The Morgan fingerprint density at radius 3 is 2.41 bits per heavy atom. The number of allylic oxidation sites excluding steroid dienone is 5. The number of Topliss-reactive ketones (excluding diaryl/α,β-unsaturated/α-hetero) is 1. The van der Waals surface area contributed by atoms with Crippen LogP contribution >= 0.6 is 0 Å². The van der Waals surface area contributed by atoms with Gasteiger partial charge in [-0.25, -0.2) is 0 Å². The molecule has 2 N–H and O–H groups in total. The SMILES string of the molecule is CC(=O)C1=C(C)CC2(C)CC3(C)CC4C(C5C=CCC(CC6CCCC6)C5)C=CC(C)C4C(O)C3C(C)C2(C)C1O. The van der Waals surface area contributed by atoms with E-state index >= 15 is 0 Å². The van der Waals surface area contributed by atoms with Crippen molar-refractivity contribution in [2.45, 2.75) is 125 Å². The van der Waals surface area contributed by atoms with Crippen molar-refractivity contribution in [2.75, 3.05) is 0 Å². The molecule has 6 rings (SSSR count). The van der Waals surface area contributed by atoms with E-state index in [2.05, 4.69) is 65.8 Å². The van der Waals surface area contributed by atoms with Gasteiger partial charge in [-0.15, -0.1) is 0 Å². The molecule has 0 radical (unpaired) electrons. The summed E-state index contributed by atoms with van der Waals surface area (Å²) >= 11 is 0. The molecule has 3 heteroatoms. The average Bonchev–Trinajstić information content (AvgIpc) is 3.39. The molecule has 0 amide bonds. The van der Waals surface area contributed by atoms with Crippen LogP contribution in [0.1, 0.15) is 113 Å². The van der Waals surface area contributed by atoms with E-state index < -0.39 is 11.5 Å². The zero-order valence-corrected chi connectivity index (χ0v) is 27.0. The molecule has 3 nitrogen and oxygen atoms in total. The lowest BCUT2D eigenvalue weighted by Crippen LogP contribution is -2.68. The minimum atomic E-state index is -0.774. The van der Waals surface area contributed by atoms with Gasteiger partial charge in [0.2, 0.25) is 0 Å². The van der Waals surface area contributed by atoms with Crippen LogP contribution in [-0.4, -0.2) is 28.2 Å². The van der Waals surface area contributed by atoms with E-state index in [-0.39, 0.29) is 40.5 Å². The highest BCUT2D eigenvalue weighted by Crippen LogP contribution is 2.72. The van der Waals surface area contributed by atoms with Crippen molar-refractivity contribution < 1.29 is 15.0 Å². The first-order valence-corrected chi connectivity index (χ1v) is 17.2. The third kappa shape index (κ3) is 4.52. The van der Waals surface area contributed by atoms with Crippen molar-refractivity contribution in [2.24, 2.45) is 69.5 Å². The highest BCUT2D eigenvalue weighted by Gasteiger charge is 2.69. The first-order valence-electron chi connectivity index (χ1n) is 17.2. The molecular weight excluding hydrogens is 504 g/mol. The fourth-order valence-corrected chi connectivity index (χ4v) is 12.7. The number of aliphatic hydroxyl groups is 2. The molecule has 0 aromatic heterocycles. The molecular formula is C38H58O3. The lowest BCUT2D eigenvalue weighted by Gasteiger charge is -2.70. The van der Waals surface area contributed by atoms with Crippen LogP contribution in [0.2, 0.25) is 0 Å². The number of hydrogen-bond donors (Lipinski definition) is 2. The number of ketones is 1. The summed E-state index contributed by atoms with van der Waals surface area (Å²) in [5.74, 6) is 4.20. The van der Waals surface area contributed by atoms with Crippen molar-refractivity contribution in [1.82, 2.24) is 0 Å². The molecule has 0 bridgehead atoms. The fourth-order valence-electron chi connectivity index (χ4n) is 12.7. The molecule has 6 aliphatic rings. The maximum atomic E-state index is 12.7. The number of carbonyl (C=O) groups excluding carboxylic acids is 1. The van der Waals surface area contributed by atoms with Crippen LogP contribution in [-0.2, 0) is 4.79 Å². The molecule has 0 heterocycles. The van der Waals surface area contributed by atoms with Crippen LogP contribution in [0, 0.1) is 69.5 Å². The molecule has 41 heavy (non-hydrogen) atoms. The molecule has 3 fully saturated rings. The van der Waals surface area contributed by atoms with E-state index in [0.717, 1.165) is 36.7 Å². The van der Waals surface area contributed by atoms with E-state index in [0.29, 0.717) is 29.2 Å². The van der Waals surface area contributed by atoms with Gasteiger partial charge in [0.15, 0.2) is 5.78 Å². The number of fused-ring (bicyclic) bond motifs is 3. The number of hydrogen-bond acceptors (Lipinski definition) is 3. The lowest BCUT2D eigenvalue weighted by atomic mass is 9.35. The Bertz CT molecular complexity index is 1130. The minimum absolute atomic E-state index is 0.00345. The highest BCUT2D eigenvalue weighted by atomic mass is 16.3. The summed E-state index contributed by atoms with van der Waals surface area (Å²) in [6.07, 6.45) is 21.6. The third-order valence-corrected chi connectivity index (χ3v) is 14.5. The molecule has 0 aromatic rings. The average molecular weight is 563 g/mol. The highest BCUT2D eigenvalue weighted by molar-refractivity contribution is 5.95. The Hall–Kier alpha value is -1.19. The summed E-state index contributed by atoms with van der Waals surface area (Å²) < 4.78 is 0. The largest absolute Gasteiger partial charge is 0.392 e. The first-order chi connectivity index (χ1) is 19.3. The van der Waals surface area contributed by atoms with Gasteiger partial charge >= 0.3 is 0 Å². The van der Waals surface area contributed by atoms with E-state index in [4.69, 9.17) is 0 Å². The molecule has 0 aromatic carbocycles. The smallest absolute Gasteiger partial charge is 0.158 e. The molecule has 13 unspecified atom stereocenters. The summed E-state index contributed by atoms with van der Waals surface area (Å²) in [6.45, 7) is 15.4. The Kier molecular flexibility index (Phi) is 7.62. The van der Waals surface area contributed by atoms with Crippen molar-refractivity contribution in [3.8, 4) is 0 Å². The standard InChI is InChI=1S/C38H58O3/c1-22-15-16-29(28-14-10-13-27(18-28)17-26-11-8-9-12-26)30-20-36(5)21-37(6)19-23(2)31(25(4)39)35(41)38(37,7)24(3)33(36)34(40)32(22)30/h10,14-16,22,24,26-30,32-35,40-41H,8-9,11-13,17-21H2,1-7H3. The first kappa shape index (κ1) is 29.9. The molecule has 0 saturated heterocycles. The Balaban J connectivity index is 1.32. The van der Waals surface area contributed by atoms with Gasteiger partial charge in [-0.2, -0.15) is 0 Å². The summed E-state index contributed by atoms with van der Waals surface area (Å²) in [7, 11) is 0. The van der Waals surface area contributed by atoms with Gasteiger partial charge < -0.3 is 10.2 Å². The van der Waals surface area contributed by atoms with E-state index in [1.54, 1.807) is 6.92 Å². The van der Waals surface area contributed by atoms with Crippen LogP contribution in [0.15, 0.2) is 35.5 Å². The summed E-state index contributed by atoms with van der Waals surface area (Å²) in [6, 6.07) is 0. The van der Waals surface area contributed by atoms with Crippen molar-refractivity contribution in [3.63, 3.8) is 0 Å². The quantitative estimate of drug-likeness (QED) is 0.339. The van der Waals surface area contributed by atoms with Gasteiger partial charge in [0, 0.05) is 11.0 Å². The molecule has 13 atom stereocenters. The van der Waals surface area contributed by atoms with Gasteiger partial charge in [0.1, 0.15) is 0 Å². The van der Waals surface area contributed by atoms with Crippen LogP contribution < -0.4 is 0 Å². The van der Waals surface area contributed by atoms with Crippen LogP contribution in [0.3, 0.4) is 0 Å². The molecule has 0 aliphatic heterocycles. The second kappa shape index (κ2) is 10.5. The molecule has 3 saturated carbocycles. The molecule has 6 aliphatic carbocycles. The van der Waals surface area contributed by atoms with Crippen molar-refractivity contribution >= 4 is 5.78 Å². The van der Waals surface area contributed by atoms with Crippen molar-refractivity contribution in [1.29, 1.82) is 0 Å². The van der Waals surface area contributed by atoms with Gasteiger partial charge in [-0.05, 0) is 116 Å². The van der Waals surface area contributed by atoms with Gasteiger partial charge in [-0.1, -0.05) is 90.2 Å².